The van der Waals surface area contributed by atoms with Crippen LogP contribution in [0.2, 0.25) is 0 Å². The molecule has 15 N–H and O–H groups in total. The number of hydrogen-bond acceptors (Lipinski definition) is 24. The molecule has 78 heavy (non-hydrogen) atoms. The first-order chi connectivity index (χ1) is 36.5. The van der Waals surface area contributed by atoms with E-state index >= 15 is 0 Å². The molecule has 24 nitrogen and oxygen atoms in total. The third-order valence-corrected chi connectivity index (χ3v) is 21.6. The number of allylic oxidation sites excluding steroid dienone is 1. The smallest absolute Gasteiger partial charge is 0.315 e. The first kappa shape index (κ1) is 60.9. The van der Waals surface area contributed by atoms with Crippen molar-refractivity contribution in [3.05, 3.63) is 11.6 Å². The SMILES string of the molecule is CC1(C)CC[C@]2(C(=O)O[C@@H]3O[C@H](CO)[C@@H](O)[C@H](O)[C@H]3O)CC[C@]3(C)C(=CC[C@@H]4[C@@]5(C)CC[C@H](O[C@@H]6O[C@H](CO)[C@@H](O)[C@H](O[C@@H]7O[C@H](CO)[C@@H](O)[C@H](O)[C@H]7O)[C@H]6O[C@@H]6O[C@H](CO)[C@@H](O)[C@H](O)[C@H]6O)C(C)(C)[C@@H]5CC[C@]43C)[C@@H]2[C@@H]1O. The number of fused-ring (bicyclic) bond motifs is 7. The van der Waals surface area contributed by atoms with Gasteiger partial charge in [0.25, 0.3) is 0 Å². The Bertz CT molecular complexity index is 2140. The van der Waals surface area contributed by atoms with Crippen molar-refractivity contribution in [1.82, 2.24) is 0 Å². The fourth-order valence-electron chi connectivity index (χ4n) is 16.5. The second-order valence-corrected chi connectivity index (χ2v) is 26.3. The molecule has 0 radical (unpaired) electrons. The maximum atomic E-state index is 14.8. The first-order valence-corrected chi connectivity index (χ1v) is 28.0. The minimum atomic E-state index is -1.95. The zero-order valence-corrected chi connectivity index (χ0v) is 45.6. The molecule has 4 saturated heterocycles. The Labute approximate surface area is 453 Å². The average Bonchev–Trinajstić information content (AvgIpc) is 3.57. The number of rotatable bonds is 12. The van der Waals surface area contributed by atoms with Crippen molar-refractivity contribution >= 4 is 5.97 Å². The Hall–Kier alpha value is -1.67. The van der Waals surface area contributed by atoms with E-state index in [1.54, 1.807) is 0 Å². The van der Waals surface area contributed by atoms with Crippen LogP contribution in [0.3, 0.4) is 0 Å². The molecule has 9 rings (SSSR count). The molecule has 0 spiro atoms. The molecule has 0 amide bonds. The fraction of sp³-hybridized carbons (Fsp3) is 0.944. The summed E-state index contributed by atoms with van der Waals surface area (Å²) in [6.45, 7) is 12.0. The Morgan fingerprint density at radius 3 is 1.53 bits per heavy atom. The zero-order valence-electron chi connectivity index (χ0n) is 45.6. The minimum absolute atomic E-state index is 0.00965. The van der Waals surface area contributed by atoms with Gasteiger partial charge in [-0.15, -0.1) is 0 Å². The van der Waals surface area contributed by atoms with E-state index in [2.05, 4.69) is 40.7 Å². The number of aliphatic hydroxyl groups is 15. The van der Waals surface area contributed by atoms with Crippen LogP contribution < -0.4 is 0 Å². The van der Waals surface area contributed by atoms with Crippen LogP contribution in [0.1, 0.15) is 106 Å². The lowest BCUT2D eigenvalue weighted by molar-refractivity contribution is -0.399. The number of carbonyl (C=O) groups excluding carboxylic acids is 1. The lowest BCUT2D eigenvalue weighted by Gasteiger charge is -2.71. The van der Waals surface area contributed by atoms with E-state index in [-0.39, 0.29) is 22.7 Å². The van der Waals surface area contributed by atoms with E-state index < -0.39 is 195 Å². The summed E-state index contributed by atoms with van der Waals surface area (Å²) in [6, 6.07) is 0. The monoisotopic (exact) mass is 1120 g/mol. The second kappa shape index (κ2) is 22.1. The maximum absolute atomic E-state index is 14.8. The summed E-state index contributed by atoms with van der Waals surface area (Å²) in [5.41, 5.74) is -2.71. The van der Waals surface area contributed by atoms with Gasteiger partial charge in [0.2, 0.25) is 6.29 Å². The molecule has 0 unspecified atom stereocenters. The van der Waals surface area contributed by atoms with Crippen molar-refractivity contribution in [3.63, 3.8) is 0 Å². The van der Waals surface area contributed by atoms with Crippen molar-refractivity contribution in [2.75, 3.05) is 26.4 Å². The summed E-state index contributed by atoms with van der Waals surface area (Å²) in [4.78, 5) is 14.8. The van der Waals surface area contributed by atoms with Gasteiger partial charge >= 0.3 is 5.97 Å². The zero-order chi connectivity index (χ0) is 57.1. The molecule has 29 atom stereocenters. The van der Waals surface area contributed by atoms with Gasteiger partial charge in [-0.3, -0.25) is 4.79 Å². The van der Waals surface area contributed by atoms with E-state index in [0.717, 1.165) is 18.4 Å². The van der Waals surface area contributed by atoms with Gasteiger partial charge in [0.1, 0.15) is 97.7 Å². The highest BCUT2D eigenvalue weighted by Crippen LogP contribution is 2.76. The van der Waals surface area contributed by atoms with Crippen LogP contribution in [0.4, 0.5) is 0 Å². The highest BCUT2D eigenvalue weighted by molar-refractivity contribution is 5.79. The predicted octanol–water partition coefficient (Wildman–Crippen LogP) is -3.06. The molecule has 0 aromatic rings. The Kier molecular flexibility index (Phi) is 17.2. The molecular weight excluding hydrogens is 1030 g/mol. The lowest BCUT2D eigenvalue weighted by Crippen LogP contribution is -2.68. The summed E-state index contributed by atoms with van der Waals surface area (Å²) >= 11 is 0. The van der Waals surface area contributed by atoms with Crippen molar-refractivity contribution in [2.45, 2.75) is 241 Å². The summed E-state index contributed by atoms with van der Waals surface area (Å²) in [5, 5.41) is 162. The van der Waals surface area contributed by atoms with Gasteiger partial charge < -0.3 is 114 Å². The van der Waals surface area contributed by atoms with Gasteiger partial charge in [-0.1, -0.05) is 60.1 Å². The minimum Gasteiger partial charge on any atom is -0.432 e. The molecule has 448 valence electrons. The van der Waals surface area contributed by atoms with Crippen LogP contribution >= 0.6 is 0 Å². The summed E-state index contributed by atoms with van der Waals surface area (Å²) in [6.07, 6.45) is -28.5. The fourth-order valence-corrected chi connectivity index (χ4v) is 16.5. The molecular formula is C54H88O24. The predicted molar refractivity (Wildman–Crippen MR) is 264 cm³/mol. The van der Waals surface area contributed by atoms with Crippen LogP contribution in [0, 0.1) is 50.2 Å². The molecule has 0 aromatic heterocycles. The molecule has 4 heterocycles. The molecule has 24 heteroatoms. The van der Waals surface area contributed by atoms with Gasteiger partial charge in [-0.2, -0.15) is 0 Å². The quantitative estimate of drug-likeness (QED) is 0.0524. The first-order valence-electron chi connectivity index (χ1n) is 28.0. The van der Waals surface area contributed by atoms with Crippen molar-refractivity contribution in [1.29, 1.82) is 0 Å². The van der Waals surface area contributed by atoms with Crippen LogP contribution in [0.15, 0.2) is 11.6 Å². The average molecular weight is 1120 g/mol. The van der Waals surface area contributed by atoms with Gasteiger partial charge in [-0.05, 0) is 96.7 Å². The van der Waals surface area contributed by atoms with Crippen LogP contribution in [-0.2, 0) is 42.7 Å². The van der Waals surface area contributed by atoms with E-state index in [9.17, 15) is 81.4 Å². The van der Waals surface area contributed by atoms with Crippen LogP contribution in [0.5, 0.6) is 0 Å². The molecule has 0 aromatic carbocycles. The number of esters is 1. The van der Waals surface area contributed by atoms with Crippen molar-refractivity contribution < 1.29 is 119 Å². The van der Waals surface area contributed by atoms with Crippen molar-refractivity contribution in [3.8, 4) is 0 Å². The standard InChI is InChI=1S/C54H88O24/c1-49(2)14-16-54(48(70)78-46-40(68)37(65)33(61)25(20-57)73-46)17-15-52(6)22(30(54)43(49)69)8-9-28-51(5)12-11-29(50(3,4)27(51)10-13-53(28,52)7)75-47-42(77-45-39(67)36(64)32(60)24(19-56)72-45)41(34(62)26(21-58)74-47)76-44-38(66)35(63)31(59)23(18-55)71-44/h8,23-47,55-69H,9-21H2,1-7H3/t23-,24-,25-,26-,27+,28-,29+,30-,31-,32-,33-,34-,35+,36+,37+,38-,39-,40-,41+,42-,43+,44+,45+,46+,47+,51+,52-,53-,54+/m1/s1. The van der Waals surface area contributed by atoms with Gasteiger partial charge in [-0.25, -0.2) is 0 Å². The second-order valence-electron chi connectivity index (χ2n) is 26.3. The molecule has 4 saturated carbocycles. The number of hydrogen-bond donors (Lipinski definition) is 15. The summed E-state index contributed by atoms with van der Waals surface area (Å²) < 4.78 is 48.7. The van der Waals surface area contributed by atoms with E-state index in [1.807, 2.05) is 13.8 Å². The van der Waals surface area contributed by atoms with Crippen molar-refractivity contribution in [2.24, 2.45) is 50.2 Å². The topological polar surface area (TPSA) is 394 Å². The Morgan fingerprint density at radius 2 is 0.987 bits per heavy atom. The highest BCUT2D eigenvalue weighted by atomic mass is 16.8. The van der Waals surface area contributed by atoms with Crippen LogP contribution in [-0.4, -0.2) is 244 Å². The van der Waals surface area contributed by atoms with E-state index in [0.29, 0.717) is 44.9 Å². The Morgan fingerprint density at radius 1 is 0.513 bits per heavy atom. The van der Waals surface area contributed by atoms with E-state index in [1.165, 1.54) is 0 Å². The largest absolute Gasteiger partial charge is 0.432 e. The molecule has 9 aliphatic rings. The number of aliphatic hydroxyl groups excluding tert-OH is 15. The molecule has 4 aliphatic heterocycles. The third kappa shape index (κ3) is 9.57. The normalized spacial score (nSPS) is 53.9. The summed E-state index contributed by atoms with van der Waals surface area (Å²) in [7, 11) is 0. The maximum Gasteiger partial charge on any atom is 0.315 e. The molecule has 0 bridgehead atoms. The molecule has 8 fully saturated rings. The molecule has 5 aliphatic carbocycles. The van der Waals surface area contributed by atoms with E-state index in [4.69, 9.17) is 37.9 Å². The Balaban J connectivity index is 1.00. The van der Waals surface area contributed by atoms with Gasteiger partial charge in [0.05, 0.1) is 44.1 Å². The summed E-state index contributed by atoms with van der Waals surface area (Å²) in [5.74, 6) is -1.29. The number of ether oxygens (including phenoxy) is 8. The van der Waals surface area contributed by atoms with Crippen LogP contribution in [0.25, 0.3) is 0 Å². The van der Waals surface area contributed by atoms with Gasteiger partial charge in [0, 0.05) is 5.92 Å². The lowest BCUT2D eigenvalue weighted by atomic mass is 9.33. The highest BCUT2D eigenvalue weighted by Gasteiger charge is 2.72. The third-order valence-electron chi connectivity index (χ3n) is 21.6. The van der Waals surface area contributed by atoms with Gasteiger partial charge in [0.15, 0.2) is 18.9 Å². The number of carbonyl (C=O) groups is 1.